The first kappa shape index (κ1) is 23.2. The summed E-state index contributed by atoms with van der Waals surface area (Å²) in [5.41, 5.74) is 1.93. The number of carbonyl (C=O) groups is 2. The van der Waals surface area contributed by atoms with Gasteiger partial charge in [-0.25, -0.2) is 0 Å². The van der Waals surface area contributed by atoms with Crippen LogP contribution < -0.4 is 10.1 Å². The normalized spacial score (nSPS) is 16.5. The average molecular weight is 440 g/mol. The molecule has 1 aliphatic rings. The molecule has 3 rings (SSSR count). The van der Waals surface area contributed by atoms with E-state index in [4.69, 9.17) is 4.74 Å². The summed E-state index contributed by atoms with van der Waals surface area (Å²) in [6.45, 7) is 4.06. The summed E-state index contributed by atoms with van der Waals surface area (Å²) < 4.78 is 5.17. The van der Waals surface area contributed by atoms with Gasteiger partial charge in [-0.2, -0.15) is 0 Å². The Hall–Kier alpha value is -3.42. The Morgan fingerprint density at radius 2 is 1.97 bits per heavy atom. The van der Waals surface area contributed by atoms with Gasteiger partial charge in [-0.1, -0.05) is 12.1 Å². The van der Waals surface area contributed by atoms with Crippen molar-refractivity contribution in [2.24, 2.45) is 0 Å². The largest absolute Gasteiger partial charge is 0.497 e. The van der Waals surface area contributed by atoms with Crippen molar-refractivity contribution in [2.45, 2.75) is 51.6 Å². The summed E-state index contributed by atoms with van der Waals surface area (Å²) in [6.07, 6.45) is 2.95. The molecule has 1 saturated heterocycles. The van der Waals surface area contributed by atoms with Gasteiger partial charge in [0.05, 0.1) is 12.0 Å². The highest BCUT2D eigenvalue weighted by molar-refractivity contribution is 5.98. The summed E-state index contributed by atoms with van der Waals surface area (Å²) in [7, 11) is 1.63. The number of hydrogen-bond acceptors (Lipinski definition) is 5. The smallest absolute Gasteiger partial charge is 0.272 e. The number of nitro benzene ring substituents is 1. The maximum Gasteiger partial charge on any atom is 0.272 e. The van der Waals surface area contributed by atoms with Crippen LogP contribution in [0.1, 0.15) is 47.7 Å². The quantitative estimate of drug-likeness (QED) is 0.500. The van der Waals surface area contributed by atoms with Gasteiger partial charge >= 0.3 is 0 Å². The number of hydrogen-bond donors (Lipinski definition) is 1. The second-order valence-corrected chi connectivity index (χ2v) is 8.21. The van der Waals surface area contributed by atoms with Crippen molar-refractivity contribution in [3.05, 3.63) is 69.3 Å². The van der Waals surface area contributed by atoms with Crippen LogP contribution >= 0.6 is 0 Å². The number of nitro groups is 1. The molecular formula is C24H29N3O5. The van der Waals surface area contributed by atoms with Gasteiger partial charge in [-0.05, 0) is 69.4 Å². The number of amides is 2. The van der Waals surface area contributed by atoms with Crippen LogP contribution in [0.3, 0.4) is 0 Å². The molecule has 0 radical (unpaired) electrons. The summed E-state index contributed by atoms with van der Waals surface area (Å²) in [5.74, 6) is 0.382. The Bertz CT molecular complexity index is 990. The van der Waals surface area contributed by atoms with Gasteiger partial charge in [0.2, 0.25) is 5.91 Å². The van der Waals surface area contributed by atoms with Crippen LogP contribution in [0.15, 0.2) is 42.5 Å². The zero-order valence-electron chi connectivity index (χ0n) is 18.7. The summed E-state index contributed by atoms with van der Waals surface area (Å²) >= 11 is 0. The molecule has 1 heterocycles. The molecule has 8 heteroatoms. The fourth-order valence-electron chi connectivity index (χ4n) is 4.03. The van der Waals surface area contributed by atoms with Gasteiger partial charge < -0.3 is 15.0 Å². The van der Waals surface area contributed by atoms with Crippen molar-refractivity contribution in [2.75, 3.05) is 13.7 Å². The van der Waals surface area contributed by atoms with Gasteiger partial charge in [0.25, 0.3) is 11.6 Å². The Morgan fingerprint density at radius 1 is 1.25 bits per heavy atom. The number of nitrogens with one attached hydrogen (secondary N) is 1. The maximum absolute atomic E-state index is 13.0. The Morgan fingerprint density at radius 3 is 2.59 bits per heavy atom. The Balaban J connectivity index is 1.58. The topological polar surface area (TPSA) is 102 Å². The van der Waals surface area contributed by atoms with Crippen molar-refractivity contribution < 1.29 is 19.2 Å². The number of benzene rings is 2. The van der Waals surface area contributed by atoms with E-state index in [2.05, 4.69) is 5.32 Å². The predicted octanol–water partition coefficient (Wildman–Crippen LogP) is 3.65. The molecule has 0 bridgehead atoms. The van der Waals surface area contributed by atoms with Crippen molar-refractivity contribution >= 4 is 17.5 Å². The Kier molecular flexibility index (Phi) is 7.45. The molecule has 0 aliphatic carbocycles. The molecular weight excluding hydrogens is 410 g/mol. The highest BCUT2D eigenvalue weighted by Gasteiger charge is 2.35. The van der Waals surface area contributed by atoms with E-state index in [-0.39, 0.29) is 23.5 Å². The van der Waals surface area contributed by atoms with E-state index in [1.165, 1.54) is 18.2 Å². The van der Waals surface area contributed by atoms with E-state index in [0.717, 1.165) is 30.6 Å². The van der Waals surface area contributed by atoms with Gasteiger partial charge in [0.15, 0.2) is 0 Å². The van der Waals surface area contributed by atoms with Crippen LogP contribution in [-0.2, 0) is 11.2 Å². The molecule has 1 fully saturated rings. The van der Waals surface area contributed by atoms with Gasteiger partial charge in [-0.3, -0.25) is 19.7 Å². The van der Waals surface area contributed by atoms with Crippen LogP contribution in [-0.4, -0.2) is 47.4 Å². The van der Waals surface area contributed by atoms with Crippen molar-refractivity contribution in [3.8, 4) is 5.75 Å². The molecule has 0 saturated carbocycles. The van der Waals surface area contributed by atoms with Gasteiger partial charge in [-0.15, -0.1) is 0 Å². The molecule has 32 heavy (non-hydrogen) atoms. The van der Waals surface area contributed by atoms with E-state index in [1.54, 1.807) is 18.9 Å². The van der Waals surface area contributed by atoms with Crippen LogP contribution in [0.25, 0.3) is 0 Å². The number of carbonyl (C=O) groups excluding carboxylic acids is 2. The fourth-order valence-corrected chi connectivity index (χ4v) is 4.03. The number of likely N-dealkylation sites (tertiary alicyclic amines) is 1. The standard InChI is InChI=1S/C24H29N3O5/c1-16-15-19(10-13-21(16)27(30)31)24(29)26-14-4-5-22(26)23(28)25-17(2)6-7-18-8-11-20(32-3)12-9-18/h8-13,15,17,22H,4-7,14H2,1-3H3,(H,25,28). The van der Waals surface area contributed by atoms with Crippen LogP contribution in [0, 0.1) is 17.0 Å². The molecule has 170 valence electrons. The number of ether oxygens (including phenoxy) is 1. The monoisotopic (exact) mass is 439 g/mol. The molecule has 0 aromatic heterocycles. The van der Waals surface area contributed by atoms with Crippen LogP contribution in [0.2, 0.25) is 0 Å². The third kappa shape index (κ3) is 5.43. The SMILES string of the molecule is COc1ccc(CCC(C)NC(=O)C2CCCN2C(=O)c2ccc([N+](=O)[O-])c(C)c2)cc1. The van der Waals surface area contributed by atoms with E-state index in [1.807, 2.05) is 31.2 Å². The lowest BCUT2D eigenvalue weighted by Crippen LogP contribution is -2.48. The minimum absolute atomic E-state index is 0.0250. The molecule has 2 amide bonds. The van der Waals surface area contributed by atoms with Gasteiger partial charge in [0.1, 0.15) is 11.8 Å². The second-order valence-electron chi connectivity index (χ2n) is 8.21. The molecule has 1 N–H and O–H groups in total. The van der Waals surface area contributed by atoms with Crippen LogP contribution in [0.4, 0.5) is 5.69 Å². The maximum atomic E-state index is 13.0. The van der Waals surface area contributed by atoms with Crippen molar-refractivity contribution in [1.82, 2.24) is 10.2 Å². The highest BCUT2D eigenvalue weighted by atomic mass is 16.6. The number of nitrogens with zero attached hydrogens (tertiary/aromatic N) is 2. The lowest BCUT2D eigenvalue weighted by Gasteiger charge is -2.26. The van der Waals surface area contributed by atoms with Crippen LogP contribution in [0.5, 0.6) is 5.75 Å². The van der Waals surface area contributed by atoms with Gasteiger partial charge in [0, 0.05) is 29.8 Å². The zero-order valence-corrected chi connectivity index (χ0v) is 18.7. The Labute approximate surface area is 187 Å². The zero-order chi connectivity index (χ0) is 23.3. The summed E-state index contributed by atoms with van der Waals surface area (Å²) in [5, 5.41) is 14.1. The minimum atomic E-state index is -0.526. The minimum Gasteiger partial charge on any atom is -0.497 e. The van der Waals surface area contributed by atoms with E-state index < -0.39 is 11.0 Å². The number of methoxy groups -OCH3 is 1. The lowest BCUT2D eigenvalue weighted by atomic mass is 10.1. The van der Waals surface area contributed by atoms with Crippen molar-refractivity contribution in [3.63, 3.8) is 0 Å². The fraction of sp³-hybridized carbons (Fsp3) is 0.417. The van der Waals surface area contributed by atoms with Crippen molar-refractivity contribution in [1.29, 1.82) is 0 Å². The second kappa shape index (κ2) is 10.3. The molecule has 2 aromatic rings. The van der Waals surface area contributed by atoms with E-state index >= 15 is 0 Å². The third-order valence-corrected chi connectivity index (χ3v) is 5.87. The third-order valence-electron chi connectivity index (χ3n) is 5.87. The predicted molar refractivity (Wildman–Crippen MR) is 121 cm³/mol. The molecule has 2 atom stereocenters. The number of aryl methyl sites for hydroxylation is 2. The first-order valence-corrected chi connectivity index (χ1v) is 10.8. The molecule has 8 nitrogen and oxygen atoms in total. The first-order chi connectivity index (χ1) is 15.3. The lowest BCUT2D eigenvalue weighted by molar-refractivity contribution is -0.385. The number of rotatable bonds is 8. The summed E-state index contributed by atoms with van der Waals surface area (Å²) in [4.78, 5) is 38.0. The first-order valence-electron chi connectivity index (χ1n) is 10.8. The molecule has 0 spiro atoms. The molecule has 2 aromatic carbocycles. The molecule has 2 unspecified atom stereocenters. The summed E-state index contributed by atoms with van der Waals surface area (Å²) in [6, 6.07) is 11.6. The highest BCUT2D eigenvalue weighted by Crippen LogP contribution is 2.24. The molecule has 1 aliphatic heterocycles. The van der Waals surface area contributed by atoms with E-state index in [9.17, 15) is 19.7 Å². The average Bonchev–Trinajstić information content (AvgIpc) is 3.27. The van der Waals surface area contributed by atoms with E-state index in [0.29, 0.717) is 24.1 Å².